The highest BCUT2D eigenvalue weighted by molar-refractivity contribution is 6.12. The maximum Gasteiger partial charge on any atom is 0.253 e. The molecular formula is C18H31N3O3. The maximum atomic E-state index is 11.4. The lowest BCUT2D eigenvalue weighted by Crippen LogP contribution is -2.50. The summed E-state index contributed by atoms with van der Waals surface area (Å²) in [5, 5.41) is 13.4. The highest BCUT2D eigenvalue weighted by Crippen LogP contribution is 2.34. The van der Waals surface area contributed by atoms with Gasteiger partial charge in [0.1, 0.15) is 0 Å². The number of carbonyl (C=O) groups excluding carboxylic acids is 2. The Hall–Kier alpha value is -1.24. The Kier molecular flexibility index (Phi) is 6.54. The van der Waals surface area contributed by atoms with Gasteiger partial charge in [0.2, 0.25) is 0 Å². The number of imide groups is 1. The van der Waals surface area contributed by atoms with Crippen LogP contribution in [0.25, 0.3) is 0 Å². The van der Waals surface area contributed by atoms with Crippen LogP contribution in [0, 0.1) is 11.3 Å². The van der Waals surface area contributed by atoms with E-state index >= 15 is 0 Å². The van der Waals surface area contributed by atoms with E-state index in [0.717, 1.165) is 38.8 Å². The Morgan fingerprint density at radius 1 is 1.17 bits per heavy atom. The fraction of sp³-hybridized carbons (Fsp3) is 0.778. The number of likely N-dealkylation sites (tertiary alicyclic amines) is 1. The monoisotopic (exact) mass is 337 g/mol. The SMILES string of the molecule is CC(C)(C)C1CCN(C(O)NCCCCN2C(=O)C=CC2=O)CC1. The van der Waals surface area contributed by atoms with Crippen molar-refractivity contribution in [3.05, 3.63) is 12.2 Å². The molecule has 0 spiro atoms. The largest absolute Gasteiger partial charge is 0.365 e. The van der Waals surface area contributed by atoms with Crippen molar-refractivity contribution in [2.45, 2.75) is 52.8 Å². The molecule has 6 nitrogen and oxygen atoms in total. The molecule has 0 aromatic carbocycles. The number of unbranched alkanes of at least 4 members (excludes halogenated alkanes) is 1. The zero-order chi connectivity index (χ0) is 17.7. The van der Waals surface area contributed by atoms with E-state index in [9.17, 15) is 14.7 Å². The second kappa shape index (κ2) is 8.23. The summed E-state index contributed by atoms with van der Waals surface area (Å²) in [6.07, 6.45) is 5.81. The predicted octanol–water partition coefficient (Wildman–Crippen LogP) is 1.32. The Labute approximate surface area is 144 Å². The van der Waals surface area contributed by atoms with Gasteiger partial charge in [-0.1, -0.05) is 20.8 Å². The van der Waals surface area contributed by atoms with Gasteiger partial charge < -0.3 is 5.11 Å². The first-order chi connectivity index (χ1) is 11.3. The van der Waals surface area contributed by atoms with Crippen molar-refractivity contribution in [3.63, 3.8) is 0 Å². The van der Waals surface area contributed by atoms with Crippen molar-refractivity contribution in [3.8, 4) is 0 Å². The molecule has 0 radical (unpaired) electrons. The third kappa shape index (κ3) is 5.13. The van der Waals surface area contributed by atoms with Crippen molar-refractivity contribution >= 4 is 11.8 Å². The maximum absolute atomic E-state index is 11.4. The van der Waals surface area contributed by atoms with Crippen LogP contribution >= 0.6 is 0 Å². The number of carbonyl (C=O) groups is 2. The van der Waals surface area contributed by atoms with Crippen LogP contribution in [0.4, 0.5) is 0 Å². The van der Waals surface area contributed by atoms with Crippen LogP contribution in [0.15, 0.2) is 12.2 Å². The molecule has 0 aliphatic carbocycles. The van der Waals surface area contributed by atoms with E-state index in [1.165, 1.54) is 17.1 Å². The Balaban J connectivity index is 1.58. The Morgan fingerprint density at radius 2 is 1.75 bits per heavy atom. The fourth-order valence-corrected chi connectivity index (χ4v) is 3.42. The Bertz CT molecular complexity index is 458. The molecule has 0 aromatic heterocycles. The molecule has 0 saturated carbocycles. The number of nitrogens with zero attached hydrogens (tertiary/aromatic N) is 2. The Morgan fingerprint density at radius 3 is 2.29 bits per heavy atom. The molecule has 24 heavy (non-hydrogen) atoms. The predicted molar refractivity (Wildman–Crippen MR) is 92.9 cm³/mol. The van der Waals surface area contributed by atoms with Gasteiger partial charge in [-0.25, -0.2) is 0 Å². The molecule has 2 heterocycles. The minimum atomic E-state index is -0.609. The molecule has 136 valence electrons. The zero-order valence-electron chi connectivity index (χ0n) is 15.1. The third-order valence-corrected chi connectivity index (χ3v) is 5.14. The number of nitrogens with one attached hydrogen (secondary N) is 1. The van der Waals surface area contributed by atoms with Gasteiger partial charge in [0, 0.05) is 31.8 Å². The highest BCUT2D eigenvalue weighted by Gasteiger charge is 2.30. The molecule has 0 aromatic rings. The number of aliphatic hydroxyl groups excluding tert-OH is 1. The molecule has 2 rings (SSSR count). The molecule has 1 fully saturated rings. The first-order valence-corrected chi connectivity index (χ1v) is 8.98. The molecule has 2 amide bonds. The van der Waals surface area contributed by atoms with Crippen LogP contribution in [-0.2, 0) is 9.59 Å². The minimum Gasteiger partial charge on any atom is -0.365 e. The van der Waals surface area contributed by atoms with Crippen LogP contribution < -0.4 is 5.32 Å². The quantitative estimate of drug-likeness (QED) is 0.416. The number of aliphatic hydroxyl groups is 1. The summed E-state index contributed by atoms with van der Waals surface area (Å²) in [7, 11) is 0. The third-order valence-electron chi connectivity index (χ3n) is 5.14. The highest BCUT2D eigenvalue weighted by atomic mass is 16.3. The number of hydrogen-bond donors (Lipinski definition) is 2. The summed E-state index contributed by atoms with van der Waals surface area (Å²) >= 11 is 0. The van der Waals surface area contributed by atoms with Crippen molar-refractivity contribution in [2.24, 2.45) is 11.3 Å². The van der Waals surface area contributed by atoms with Crippen molar-refractivity contribution < 1.29 is 14.7 Å². The van der Waals surface area contributed by atoms with Crippen molar-refractivity contribution in [1.29, 1.82) is 0 Å². The number of hydrogen-bond acceptors (Lipinski definition) is 5. The summed E-state index contributed by atoms with van der Waals surface area (Å²) in [6, 6.07) is 0. The minimum absolute atomic E-state index is 0.227. The topological polar surface area (TPSA) is 72.9 Å². The smallest absolute Gasteiger partial charge is 0.253 e. The molecule has 2 aliphatic rings. The van der Waals surface area contributed by atoms with Gasteiger partial charge in [0.25, 0.3) is 11.8 Å². The van der Waals surface area contributed by atoms with E-state index in [4.69, 9.17) is 0 Å². The van der Waals surface area contributed by atoms with E-state index in [-0.39, 0.29) is 11.8 Å². The lowest BCUT2D eigenvalue weighted by molar-refractivity contribution is -0.136. The van der Waals surface area contributed by atoms with Gasteiger partial charge >= 0.3 is 0 Å². The molecule has 1 unspecified atom stereocenters. The zero-order valence-corrected chi connectivity index (χ0v) is 15.1. The molecular weight excluding hydrogens is 306 g/mol. The van der Waals surface area contributed by atoms with E-state index in [0.29, 0.717) is 24.4 Å². The summed E-state index contributed by atoms with van der Waals surface area (Å²) < 4.78 is 0. The molecule has 2 aliphatic heterocycles. The average Bonchev–Trinajstić information content (AvgIpc) is 2.85. The number of piperidine rings is 1. The van der Waals surface area contributed by atoms with E-state index < -0.39 is 6.35 Å². The average molecular weight is 337 g/mol. The van der Waals surface area contributed by atoms with Crippen molar-refractivity contribution in [1.82, 2.24) is 15.1 Å². The molecule has 2 N–H and O–H groups in total. The van der Waals surface area contributed by atoms with Crippen LogP contribution in [-0.4, -0.2) is 59.3 Å². The molecule has 0 bridgehead atoms. The van der Waals surface area contributed by atoms with Gasteiger partial charge in [-0.15, -0.1) is 0 Å². The van der Waals surface area contributed by atoms with Gasteiger partial charge in [-0.3, -0.25) is 24.7 Å². The first kappa shape index (κ1) is 19.1. The van der Waals surface area contributed by atoms with Crippen molar-refractivity contribution in [2.75, 3.05) is 26.2 Å². The van der Waals surface area contributed by atoms with E-state index in [1.807, 2.05) is 0 Å². The number of rotatable bonds is 7. The van der Waals surface area contributed by atoms with Gasteiger partial charge in [-0.05, 0) is 43.6 Å². The summed E-state index contributed by atoms with van der Waals surface area (Å²) in [5.41, 5.74) is 0.337. The molecule has 1 saturated heterocycles. The van der Waals surface area contributed by atoms with Crippen LogP contribution in [0.1, 0.15) is 46.5 Å². The van der Waals surface area contributed by atoms with Crippen LogP contribution in [0.5, 0.6) is 0 Å². The van der Waals surface area contributed by atoms with E-state index in [2.05, 4.69) is 31.0 Å². The van der Waals surface area contributed by atoms with Gasteiger partial charge in [0.15, 0.2) is 6.35 Å². The fourth-order valence-electron chi connectivity index (χ4n) is 3.42. The first-order valence-electron chi connectivity index (χ1n) is 8.98. The second-order valence-corrected chi connectivity index (χ2v) is 7.87. The van der Waals surface area contributed by atoms with Crippen LogP contribution in [0.3, 0.4) is 0 Å². The summed E-state index contributed by atoms with van der Waals surface area (Å²) in [5.74, 6) is 0.259. The summed E-state index contributed by atoms with van der Waals surface area (Å²) in [6.45, 7) is 9.80. The van der Waals surface area contributed by atoms with E-state index in [1.54, 1.807) is 0 Å². The molecule has 1 atom stereocenters. The standard InChI is InChI=1S/C18H31N3O3/c1-18(2,3)14-8-12-20(13-9-14)17(24)19-10-4-5-11-21-15(22)6-7-16(21)23/h6-7,14,17,19,24H,4-5,8-13H2,1-3H3. The number of amides is 2. The lowest BCUT2D eigenvalue weighted by atomic mass is 9.75. The van der Waals surface area contributed by atoms with Gasteiger partial charge in [-0.2, -0.15) is 0 Å². The second-order valence-electron chi connectivity index (χ2n) is 7.87. The van der Waals surface area contributed by atoms with Gasteiger partial charge in [0.05, 0.1) is 0 Å². The summed E-state index contributed by atoms with van der Waals surface area (Å²) in [4.78, 5) is 26.2. The molecule has 6 heteroatoms. The normalized spacial score (nSPS) is 21.8. The van der Waals surface area contributed by atoms with Crippen LogP contribution in [0.2, 0.25) is 0 Å². The lowest BCUT2D eigenvalue weighted by Gasteiger charge is -2.40.